The van der Waals surface area contributed by atoms with Gasteiger partial charge in [0.2, 0.25) is 0 Å². The molecule has 0 bridgehead atoms. The van der Waals surface area contributed by atoms with Crippen molar-refractivity contribution in [3.8, 4) is 28.1 Å². The smallest absolute Gasteiger partial charge is 0.156 e. The number of pyridine rings is 1. The van der Waals surface area contributed by atoms with Crippen molar-refractivity contribution in [3.05, 3.63) is 176 Å². The lowest BCUT2D eigenvalue weighted by Gasteiger charge is -2.11. The van der Waals surface area contributed by atoms with Crippen LogP contribution in [0, 0.1) is 0 Å². The van der Waals surface area contributed by atoms with Gasteiger partial charge in [-0.1, -0.05) is 121 Å². The average molecular weight is 692 g/mol. The Bertz CT molecular complexity index is 3380. The summed E-state index contributed by atoms with van der Waals surface area (Å²) in [5.41, 5.74) is 11.5. The lowest BCUT2D eigenvalue weighted by Crippen LogP contribution is -1.94. The van der Waals surface area contributed by atoms with Crippen LogP contribution in [-0.4, -0.2) is 14.0 Å². The Morgan fingerprint density at radius 2 is 1.02 bits per heavy atom. The second-order valence-electron chi connectivity index (χ2n) is 14.0. The zero-order valence-corrected chi connectivity index (χ0v) is 29.3. The first-order chi connectivity index (χ1) is 26.3. The van der Waals surface area contributed by atoms with Gasteiger partial charge in [0.25, 0.3) is 0 Å². The van der Waals surface area contributed by atoms with Gasteiger partial charge in [-0.2, -0.15) is 0 Å². The molecule has 12 aromatic rings. The first-order valence-corrected chi connectivity index (χ1v) is 18.9. The van der Waals surface area contributed by atoms with Gasteiger partial charge in [-0.15, -0.1) is 11.3 Å². The lowest BCUT2D eigenvalue weighted by molar-refractivity contribution is 1.18. The molecule has 0 saturated carbocycles. The van der Waals surface area contributed by atoms with Crippen LogP contribution in [0.25, 0.3) is 108 Å². The molecule has 0 fully saturated rings. The number of aromatic nitrogens is 3. The van der Waals surface area contributed by atoms with Crippen LogP contribution in [0.5, 0.6) is 0 Å². The molecule has 0 saturated heterocycles. The van der Waals surface area contributed by atoms with Crippen molar-refractivity contribution in [1.29, 1.82) is 0 Å². The zero-order valence-electron chi connectivity index (χ0n) is 28.5. The molecule has 0 aliphatic heterocycles. The van der Waals surface area contributed by atoms with Crippen LogP contribution < -0.4 is 0 Å². The fraction of sp³-hybridized carbons (Fsp3) is 0. The van der Waals surface area contributed by atoms with Crippen molar-refractivity contribution < 1.29 is 0 Å². The fourth-order valence-corrected chi connectivity index (χ4v) is 9.74. The van der Waals surface area contributed by atoms with Gasteiger partial charge < -0.3 is 4.57 Å². The topological polar surface area (TPSA) is 22.2 Å². The van der Waals surface area contributed by atoms with Crippen molar-refractivity contribution in [2.45, 2.75) is 0 Å². The van der Waals surface area contributed by atoms with E-state index >= 15 is 0 Å². The van der Waals surface area contributed by atoms with Crippen LogP contribution in [0.1, 0.15) is 0 Å². The van der Waals surface area contributed by atoms with Gasteiger partial charge in [0.05, 0.1) is 32.5 Å². The van der Waals surface area contributed by atoms with E-state index in [0.29, 0.717) is 0 Å². The molecule has 12 rings (SSSR count). The standard InChI is InChI=1S/C49H29N3S/c1-2-10-34-28-40-35(27-33(34)9-1)23-26-44-47(40)50-49-48-41(39-13-5-8-16-46(39)53-48)29-45(52(44)49)32-19-17-30(18-20-32)31-21-24-36(25-22-31)51-42-14-6-3-11-37(42)38-12-4-7-15-43(38)51/h1-29H. The summed E-state index contributed by atoms with van der Waals surface area (Å²) in [6.07, 6.45) is 0. The second kappa shape index (κ2) is 10.9. The summed E-state index contributed by atoms with van der Waals surface area (Å²) in [6.45, 7) is 0. The normalized spacial score (nSPS) is 12.2. The predicted octanol–water partition coefficient (Wildman–Crippen LogP) is 13.6. The van der Waals surface area contributed by atoms with Gasteiger partial charge in [0.1, 0.15) is 0 Å². The number of thiophene rings is 1. The monoisotopic (exact) mass is 691 g/mol. The summed E-state index contributed by atoms with van der Waals surface area (Å²) >= 11 is 1.83. The van der Waals surface area contributed by atoms with E-state index in [4.69, 9.17) is 4.98 Å². The molecule has 0 spiro atoms. The number of para-hydroxylation sites is 2. The van der Waals surface area contributed by atoms with Gasteiger partial charge >= 0.3 is 0 Å². The fourth-order valence-electron chi connectivity index (χ4n) is 8.58. The molecule has 3 nitrogen and oxygen atoms in total. The Hall–Kier alpha value is -6.75. The van der Waals surface area contributed by atoms with Crippen LogP contribution in [0.3, 0.4) is 0 Å². The molecule has 4 heterocycles. The summed E-state index contributed by atoms with van der Waals surface area (Å²) in [5.74, 6) is 0. The predicted molar refractivity (Wildman–Crippen MR) is 226 cm³/mol. The highest BCUT2D eigenvalue weighted by molar-refractivity contribution is 7.26. The maximum absolute atomic E-state index is 5.46. The maximum Gasteiger partial charge on any atom is 0.156 e. The Kier molecular flexibility index (Phi) is 5.93. The summed E-state index contributed by atoms with van der Waals surface area (Å²) in [5, 5.41) is 9.96. The number of fused-ring (bicyclic) bond motifs is 13. The largest absolute Gasteiger partial charge is 0.309 e. The molecule has 8 aromatic carbocycles. The van der Waals surface area contributed by atoms with Gasteiger partial charge in [-0.25, -0.2) is 4.98 Å². The van der Waals surface area contributed by atoms with E-state index in [9.17, 15) is 0 Å². The minimum absolute atomic E-state index is 1.01. The highest BCUT2D eigenvalue weighted by atomic mass is 32.1. The van der Waals surface area contributed by atoms with E-state index in [1.54, 1.807) is 0 Å². The van der Waals surface area contributed by atoms with Crippen molar-refractivity contribution >= 4 is 91.5 Å². The molecule has 0 aliphatic rings. The van der Waals surface area contributed by atoms with Crippen LogP contribution in [-0.2, 0) is 0 Å². The Labute approximate surface area is 308 Å². The molecule has 0 atom stereocenters. The molecule has 0 aliphatic carbocycles. The van der Waals surface area contributed by atoms with E-state index in [0.717, 1.165) is 33.6 Å². The zero-order chi connectivity index (χ0) is 34.6. The second-order valence-corrected chi connectivity index (χ2v) is 15.0. The third-order valence-electron chi connectivity index (χ3n) is 11.1. The van der Waals surface area contributed by atoms with Crippen molar-refractivity contribution in [3.63, 3.8) is 0 Å². The summed E-state index contributed by atoms with van der Waals surface area (Å²) in [4.78, 5) is 5.46. The molecule has 0 amide bonds. The van der Waals surface area contributed by atoms with Crippen molar-refractivity contribution in [1.82, 2.24) is 14.0 Å². The molecule has 246 valence electrons. The van der Waals surface area contributed by atoms with Crippen molar-refractivity contribution in [2.24, 2.45) is 0 Å². The molecule has 0 radical (unpaired) electrons. The van der Waals surface area contributed by atoms with E-state index in [2.05, 4.69) is 185 Å². The molecular weight excluding hydrogens is 663 g/mol. The SMILES string of the molecule is c1ccc2cc3c(ccc4c3nc3c5sc6ccccc6c5cc(-c5ccc(-c6ccc(-n7c8ccccc8c8ccccc87)cc6)cc5)n43)cc2c1. The average Bonchev–Trinajstić information content (AvgIpc) is 3.90. The molecule has 0 N–H and O–H groups in total. The third kappa shape index (κ3) is 4.18. The van der Waals surface area contributed by atoms with Gasteiger partial charge in [-0.05, 0) is 87.4 Å². The van der Waals surface area contributed by atoms with Gasteiger partial charge in [0.15, 0.2) is 5.65 Å². The quantitative estimate of drug-likeness (QED) is 0.169. The summed E-state index contributed by atoms with van der Waals surface area (Å²) in [6, 6.07) is 64.2. The number of imidazole rings is 1. The number of hydrogen-bond acceptors (Lipinski definition) is 2. The van der Waals surface area contributed by atoms with Crippen LogP contribution in [0.15, 0.2) is 176 Å². The number of rotatable bonds is 3. The number of hydrogen-bond donors (Lipinski definition) is 0. The molecule has 4 heteroatoms. The van der Waals surface area contributed by atoms with Crippen molar-refractivity contribution in [2.75, 3.05) is 0 Å². The van der Waals surface area contributed by atoms with Gasteiger partial charge in [0, 0.05) is 37.3 Å². The van der Waals surface area contributed by atoms with Crippen LogP contribution in [0.4, 0.5) is 0 Å². The first-order valence-electron chi connectivity index (χ1n) is 18.0. The lowest BCUT2D eigenvalue weighted by atomic mass is 10.0. The Balaban J connectivity index is 1.02. The number of benzene rings is 8. The molecule has 0 unspecified atom stereocenters. The van der Waals surface area contributed by atoms with Crippen LogP contribution in [0.2, 0.25) is 0 Å². The van der Waals surface area contributed by atoms with E-state index in [-0.39, 0.29) is 0 Å². The Morgan fingerprint density at radius 3 is 1.75 bits per heavy atom. The van der Waals surface area contributed by atoms with E-state index < -0.39 is 0 Å². The van der Waals surface area contributed by atoms with Crippen LogP contribution >= 0.6 is 11.3 Å². The first kappa shape index (κ1) is 28.9. The minimum Gasteiger partial charge on any atom is -0.309 e. The summed E-state index contributed by atoms with van der Waals surface area (Å²) < 4.78 is 7.26. The highest BCUT2D eigenvalue weighted by Crippen LogP contribution is 2.42. The molecule has 4 aromatic heterocycles. The maximum atomic E-state index is 5.46. The Morgan fingerprint density at radius 1 is 0.415 bits per heavy atom. The third-order valence-corrected chi connectivity index (χ3v) is 12.3. The highest BCUT2D eigenvalue weighted by Gasteiger charge is 2.19. The molecular formula is C49H29N3S. The minimum atomic E-state index is 1.01. The summed E-state index contributed by atoms with van der Waals surface area (Å²) in [7, 11) is 0. The van der Waals surface area contributed by atoms with E-state index in [1.165, 1.54) is 74.6 Å². The van der Waals surface area contributed by atoms with E-state index in [1.807, 2.05) is 11.3 Å². The van der Waals surface area contributed by atoms with Gasteiger partial charge in [-0.3, -0.25) is 4.40 Å². The number of nitrogens with zero attached hydrogens (tertiary/aromatic N) is 3. The molecule has 53 heavy (non-hydrogen) atoms.